The maximum atomic E-state index is 2.53. The van der Waals surface area contributed by atoms with Gasteiger partial charge in [-0.3, -0.25) is 0 Å². The van der Waals surface area contributed by atoms with E-state index in [0.717, 1.165) is 0 Å². The third-order valence-corrected chi connectivity index (χ3v) is 12.4. The number of pyridine rings is 1. The lowest BCUT2D eigenvalue weighted by Gasteiger charge is -2.32. The lowest BCUT2D eigenvalue weighted by atomic mass is 9.69. The van der Waals surface area contributed by atoms with Crippen LogP contribution in [0.1, 0.15) is 39.7 Å². The molecule has 12 rings (SSSR count). The molecule has 3 aliphatic rings. The van der Waals surface area contributed by atoms with E-state index in [-0.39, 0.29) is 6.17 Å². The summed E-state index contributed by atoms with van der Waals surface area (Å²) in [4.78, 5) is 0. The summed E-state index contributed by atoms with van der Waals surface area (Å²) in [6.45, 7) is 0. The van der Waals surface area contributed by atoms with E-state index in [1.807, 2.05) is 0 Å². The average Bonchev–Trinajstić information content (AvgIpc) is 3.82. The molecule has 1 aromatic heterocycles. The molecule has 1 atom stereocenters. The largest absolute Gasteiger partial charge is 0.375 e. The van der Waals surface area contributed by atoms with Gasteiger partial charge in [-0.15, -0.1) is 4.57 Å². The van der Waals surface area contributed by atoms with Crippen LogP contribution in [0.5, 0.6) is 0 Å². The highest BCUT2D eigenvalue weighted by molar-refractivity contribution is 6.20. The Morgan fingerprint density at radius 3 is 1.85 bits per heavy atom. The van der Waals surface area contributed by atoms with Crippen molar-refractivity contribution in [1.82, 2.24) is 0 Å². The number of fused-ring (bicyclic) bond motifs is 17. The van der Waals surface area contributed by atoms with Crippen molar-refractivity contribution in [2.75, 3.05) is 7.05 Å². The van der Waals surface area contributed by atoms with Crippen molar-refractivity contribution in [1.29, 1.82) is 0 Å². The summed E-state index contributed by atoms with van der Waals surface area (Å²) < 4.78 is 4.63. The van der Waals surface area contributed by atoms with E-state index in [4.69, 9.17) is 0 Å². The molecule has 2 heteroatoms. The molecule has 246 valence electrons. The van der Waals surface area contributed by atoms with Gasteiger partial charge < -0.3 is 0 Å². The van der Waals surface area contributed by atoms with Gasteiger partial charge in [0.05, 0.1) is 11.0 Å². The van der Waals surface area contributed by atoms with Gasteiger partial charge in [-0.05, 0) is 124 Å². The molecule has 0 radical (unpaired) electrons. The predicted octanol–water partition coefficient (Wildman–Crippen LogP) is 11.1. The molecule has 0 saturated heterocycles. The van der Waals surface area contributed by atoms with E-state index in [0.29, 0.717) is 0 Å². The topological polar surface area (TPSA) is 6.89 Å². The third-order valence-electron chi connectivity index (χ3n) is 12.4. The van der Waals surface area contributed by atoms with Crippen molar-refractivity contribution < 1.29 is 9.14 Å². The molecule has 8 aromatic carbocycles. The minimum Gasteiger partial charge on any atom is -0.168 e. The van der Waals surface area contributed by atoms with Crippen LogP contribution in [0.2, 0.25) is 0 Å². The monoisotopic (exact) mass is 674 g/mol. The first-order chi connectivity index (χ1) is 26.2. The number of hydrogen-bond acceptors (Lipinski definition) is 0. The Morgan fingerprint density at radius 2 is 1.09 bits per heavy atom. The molecule has 2 heterocycles. The molecule has 1 spiro atoms. The summed E-state index contributed by atoms with van der Waals surface area (Å²) in [5.41, 5.74) is 15.4. The molecule has 0 fully saturated rings. The Kier molecular flexibility index (Phi) is 5.72. The van der Waals surface area contributed by atoms with Crippen LogP contribution in [0.4, 0.5) is 0 Å². The molecule has 2 aliphatic carbocycles. The lowest BCUT2D eigenvalue weighted by Crippen LogP contribution is -2.42. The van der Waals surface area contributed by atoms with Crippen LogP contribution in [0.25, 0.3) is 65.7 Å². The Morgan fingerprint density at radius 1 is 0.472 bits per heavy atom. The van der Waals surface area contributed by atoms with Crippen molar-refractivity contribution in [2.45, 2.75) is 11.6 Å². The Hall–Kier alpha value is -6.64. The highest BCUT2D eigenvalue weighted by Crippen LogP contribution is 2.65. The molecule has 0 N–H and O–H groups in total. The molecular weight excluding hydrogens is 641 g/mol. The Labute approximate surface area is 308 Å². The zero-order chi connectivity index (χ0) is 34.8. The van der Waals surface area contributed by atoms with Gasteiger partial charge >= 0.3 is 6.17 Å². The van der Waals surface area contributed by atoms with E-state index in [1.54, 1.807) is 0 Å². The zero-order valence-corrected chi connectivity index (χ0v) is 29.3. The fourth-order valence-electron chi connectivity index (χ4n) is 10.3. The Bertz CT molecular complexity index is 3030. The van der Waals surface area contributed by atoms with Gasteiger partial charge in [0.2, 0.25) is 6.21 Å². The quantitative estimate of drug-likeness (QED) is 0.127. The second kappa shape index (κ2) is 10.5. The van der Waals surface area contributed by atoms with E-state index in [1.165, 1.54) is 99.2 Å². The Balaban J connectivity index is 1.11. The molecular formula is C51H34N2+2. The number of aromatic nitrogens is 1. The first-order valence-corrected chi connectivity index (χ1v) is 18.6. The van der Waals surface area contributed by atoms with Crippen molar-refractivity contribution in [3.8, 4) is 33.4 Å². The van der Waals surface area contributed by atoms with E-state index < -0.39 is 5.41 Å². The van der Waals surface area contributed by atoms with Crippen LogP contribution in [0.3, 0.4) is 0 Å². The van der Waals surface area contributed by atoms with Gasteiger partial charge in [-0.1, -0.05) is 121 Å². The van der Waals surface area contributed by atoms with Crippen LogP contribution < -0.4 is 4.57 Å². The minimum atomic E-state index is -0.439. The highest BCUT2D eigenvalue weighted by Gasteiger charge is 2.53. The molecule has 1 unspecified atom stereocenters. The van der Waals surface area contributed by atoms with Gasteiger partial charge in [0.25, 0.3) is 5.69 Å². The fraction of sp³-hybridized carbons (Fsp3) is 0.0588. The molecule has 0 amide bonds. The maximum Gasteiger partial charge on any atom is 0.375 e. The standard InChI is InChI=1S/C51H34N2/c1-52-31-37-12-10-11-27-53(37)50(52)33-23-21-32(22-24-33)34-25-26-35-29-44-47(30-36(35)28-34)51(45-19-8-6-15-40(45)41-16-7-9-20-46(41)51)49-43-18-5-3-14-39(43)38-13-2-4-17-42(38)48(44)49/h2-31,50H,1H3/q+2. The molecule has 1 aliphatic heterocycles. The van der Waals surface area contributed by atoms with Crippen LogP contribution in [0, 0.1) is 0 Å². The van der Waals surface area contributed by atoms with Crippen LogP contribution in [-0.2, 0) is 5.41 Å². The zero-order valence-electron chi connectivity index (χ0n) is 29.3. The number of hydrogen-bond donors (Lipinski definition) is 0. The van der Waals surface area contributed by atoms with Gasteiger partial charge in [0, 0.05) is 12.1 Å². The van der Waals surface area contributed by atoms with Crippen molar-refractivity contribution in [3.63, 3.8) is 0 Å². The number of benzene rings is 8. The first kappa shape index (κ1) is 29.0. The second-order valence-corrected chi connectivity index (χ2v) is 15.0. The van der Waals surface area contributed by atoms with Crippen LogP contribution in [0.15, 0.2) is 176 Å². The molecule has 0 bridgehead atoms. The van der Waals surface area contributed by atoms with E-state index in [9.17, 15) is 0 Å². The summed E-state index contributed by atoms with van der Waals surface area (Å²) in [6.07, 6.45) is 4.55. The van der Waals surface area contributed by atoms with Crippen molar-refractivity contribution in [2.24, 2.45) is 0 Å². The van der Waals surface area contributed by atoms with E-state index >= 15 is 0 Å². The average molecular weight is 675 g/mol. The van der Waals surface area contributed by atoms with Crippen molar-refractivity contribution in [3.05, 3.63) is 210 Å². The predicted molar refractivity (Wildman–Crippen MR) is 217 cm³/mol. The normalized spacial score (nSPS) is 15.7. The van der Waals surface area contributed by atoms with Crippen LogP contribution >= 0.6 is 0 Å². The van der Waals surface area contributed by atoms with Crippen molar-refractivity contribution >= 4 is 38.5 Å². The molecule has 2 nitrogen and oxygen atoms in total. The third kappa shape index (κ3) is 3.72. The fourth-order valence-corrected chi connectivity index (χ4v) is 10.3. The van der Waals surface area contributed by atoms with Gasteiger partial charge in [-0.2, -0.15) is 4.58 Å². The SMILES string of the molecule is C[N+]1=Cc2cccc[n+]2C1c1ccc(-c2ccc3cc4c(cc3c2)C2(c3ccccc3-c3ccccc32)c2c-4c3ccccc3c3ccccc23)cc1. The van der Waals surface area contributed by atoms with Gasteiger partial charge in [0.1, 0.15) is 7.05 Å². The van der Waals surface area contributed by atoms with Gasteiger partial charge in [0.15, 0.2) is 6.20 Å². The summed E-state index contributed by atoms with van der Waals surface area (Å²) >= 11 is 0. The van der Waals surface area contributed by atoms with Crippen LogP contribution in [-0.4, -0.2) is 17.8 Å². The first-order valence-electron chi connectivity index (χ1n) is 18.6. The minimum absolute atomic E-state index is 0.154. The summed E-state index contributed by atoms with van der Waals surface area (Å²) in [6, 6.07) is 64.0. The highest BCUT2D eigenvalue weighted by atomic mass is 15.2. The molecule has 53 heavy (non-hydrogen) atoms. The summed E-state index contributed by atoms with van der Waals surface area (Å²) in [5, 5.41) is 7.81. The lowest BCUT2D eigenvalue weighted by molar-refractivity contribution is -0.844. The smallest absolute Gasteiger partial charge is 0.168 e. The maximum absolute atomic E-state index is 2.53. The summed E-state index contributed by atoms with van der Waals surface area (Å²) in [5.74, 6) is 0. The second-order valence-electron chi connectivity index (χ2n) is 15.0. The summed E-state index contributed by atoms with van der Waals surface area (Å²) in [7, 11) is 2.16. The molecule has 9 aromatic rings. The number of rotatable bonds is 2. The van der Waals surface area contributed by atoms with E-state index in [2.05, 4.69) is 198 Å². The number of nitrogens with zero attached hydrogens (tertiary/aromatic N) is 2. The van der Waals surface area contributed by atoms with Gasteiger partial charge in [-0.25, -0.2) is 0 Å². The molecule has 0 saturated carbocycles.